The standard InChI is InChI=1S/C13H21NO/c1-14-12(13-8-5-9-15-13)10-11-6-3-2-4-7-11/h6,8,12,14H,2-5,7,9-10H2,1H3. The van der Waals surface area contributed by atoms with Crippen molar-refractivity contribution in [2.75, 3.05) is 13.7 Å². The molecule has 84 valence electrons. The molecular formula is C13H21NO. The van der Waals surface area contributed by atoms with E-state index in [1.54, 1.807) is 5.57 Å². The van der Waals surface area contributed by atoms with Crippen LogP contribution in [-0.2, 0) is 4.74 Å². The molecule has 15 heavy (non-hydrogen) atoms. The number of allylic oxidation sites excluding steroid dienone is 1. The molecule has 1 N–H and O–H groups in total. The molecule has 1 aliphatic heterocycles. The van der Waals surface area contributed by atoms with E-state index in [2.05, 4.69) is 17.5 Å². The predicted octanol–water partition coefficient (Wildman–Crippen LogP) is 2.77. The fourth-order valence-electron chi connectivity index (χ4n) is 2.38. The number of likely N-dealkylation sites (N-methyl/N-ethyl adjacent to an activating group) is 1. The summed E-state index contributed by atoms with van der Waals surface area (Å²) in [5.41, 5.74) is 1.61. The monoisotopic (exact) mass is 207 g/mol. The first kappa shape index (κ1) is 10.7. The molecule has 0 aromatic carbocycles. The minimum Gasteiger partial charge on any atom is -0.496 e. The summed E-state index contributed by atoms with van der Waals surface area (Å²) in [6.07, 6.45) is 12.1. The molecule has 2 rings (SSSR count). The summed E-state index contributed by atoms with van der Waals surface area (Å²) >= 11 is 0. The van der Waals surface area contributed by atoms with Crippen molar-refractivity contribution >= 4 is 0 Å². The topological polar surface area (TPSA) is 21.3 Å². The van der Waals surface area contributed by atoms with Crippen LogP contribution < -0.4 is 5.32 Å². The normalized spacial score (nSPS) is 23.0. The molecule has 0 bridgehead atoms. The number of hydrogen-bond acceptors (Lipinski definition) is 2. The van der Waals surface area contributed by atoms with Crippen LogP contribution in [-0.4, -0.2) is 19.7 Å². The highest BCUT2D eigenvalue weighted by Crippen LogP contribution is 2.25. The van der Waals surface area contributed by atoms with Crippen LogP contribution in [0.2, 0.25) is 0 Å². The fraction of sp³-hybridized carbons (Fsp3) is 0.692. The van der Waals surface area contributed by atoms with Crippen molar-refractivity contribution in [3.63, 3.8) is 0 Å². The second-order valence-corrected chi connectivity index (χ2v) is 4.40. The van der Waals surface area contributed by atoms with Gasteiger partial charge in [-0.15, -0.1) is 0 Å². The number of nitrogens with one attached hydrogen (secondary N) is 1. The van der Waals surface area contributed by atoms with Crippen LogP contribution in [0.4, 0.5) is 0 Å². The summed E-state index contributed by atoms with van der Waals surface area (Å²) in [5.74, 6) is 1.16. The van der Waals surface area contributed by atoms with Gasteiger partial charge in [-0.2, -0.15) is 0 Å². The lowest BCUT2D eigenvalue weighted by Gasteiger charge is -2.21. The summed E-state index contributed by atoms with van der Waals surface area (Å²) in [7, 11) is 2.02. The zero-order chi connectivity index (χ0) is 10.5. The predicted molar refractivity (Wildman–Crippen MR) is 62.7 cm³/mol. The Labute approximate surface area is 92.4 Å². The SMILES string of the molecule is CNC(CC1=CCCCC1)C1=CCCO1. The zero-order valence-electron chi connectivity index (χ0n) is 9.59. The third-order valence-electron chi connectivity index (χ3n) is 3.28. The van der Waals surface area contributed by atoms with Gasteiger partial charge in [0.15, 0.2) is 0 Å². The largest absolute Gasteiger partial charge is 0.496 e. The Morgan fingerprint density at radius 2 is 2.27 bits per heavy atom. The molecule has 0 fully saturated rings. The second-order valence-electron chi connectivity index (χ2n) is 4.40. The van der Waals surface area contributed by atoms with E-state index in [9.17, 15) is 0 Å². The summed E-state index contributed by atoms with van der Waals surface area (Å²) < 4.78 is 5.62. The van der Waals surface area contributed by atoms with Crippen molar-refractivity contribution in [2.45, 2.75) is 44.6 Å². The lowest BCUT2D eigenvalue weighted by atomic mass is 9.93. The third kappa shape index (κ3) is 2.85. The maximum atomic E-state index is 5.62. The summed E-state index contributed by atoms with van der Waals surface area (Å²) in [6, 6.07) is 0.400. The smallest absolute Gasteiger partial charge is 0.109 e. The summed E-state index contributed by atoms with van der Waals surface area (Å²) in [4.78, 5) is 0. The minimum atomic E-state index is 0.400. The van der Waals surface area contributed by atoms with Crippen molar-refractivity contribution in [1.29, 1.82) is 0 Å². The second kappa shape index (κ2) is 5.36. The molecule has 1 unspecified atom stereocenters. The van der Waals surface area contributed by atoms with Gasteiger partial charge in [0.1, 0.15) is 5.76 Å². The first-order valence-electron chi connectivity index (χ1n) is 6.08. The fourth-order valence-corrected chi connectivity index (χ4v) is 2.38. The first-order chi connectivity index (χ1) is 7.40. The molecular weight excluding hydrogens is 186 g/mol. The van der Waals surface area contributed by atoms with Crippen molar-refractivity contribution in [1.82, 2.24) is 5.32 Å². The molecule has 0 saturated heterocycles. The Morgan fingerprint density at radius 1 is 1.33 bits per heavy atom. The van der Waals surface area contributed by atoms with Gasteiger partial charge < -0.3 is 10.1 Å². The van der Waals surface area contributed by atoms with E-state index in [1.165, 1.54) is 25.7 Å². The van der Waals surface area contributed by atoms with Crippen molar-refractivity contribution in [2.24, 2.45) is 0 Å². The van der Waals surface area contributed by atoms with E-state index in [0.29, 0.717) is 6.04 Å². The van der Waals surface area contributed by atoms with E-state index in [0.717, 1.165) is 25.2 Å². The molecule has 1 aliphatic carbocycles. The Morgan fingerprint density at radius 3 is 2.87 bits per heavy atom. The van der Waals surface area contributed by atoms with Crippen LogP contribution in [0.1, 0.15) is 38.5 Å². The van der Waals surface area contributed by atoms with Gasteiger partial charge in [-0.3, -0.25) is 0 Å². The van der Waals surface area contributed by atoms with Gasteiger partial charge in [-0.25, -0.2) is 0 Å². The van der Waals surface area contributed by atoms with Crippen LogP contribution in [0.15, 0.2) is 23.5 Å². The molecule has 0 amide bonds. The van der Waals surface area contributed by atoms with Gasteiger partial charge in [0.25, 0.3) is 0 Å². The third-order valence-corrected chi connectivity index (χ3v) is 3.28. The summed E-state index contributed by atoms with van der Waals surface area (Å²) in [5, 5.41) is 3.36. The van der Waals surface area contributed by atoms with E-state index >= 15 is 0 Å². The average Bonchev–Trinajstić information content (AvgIpc) is 2.81. The van der Waals surface area contributed by atoms with Gasteiger partial charge in [-0.05, 0) is 45.2 Å². The van der Waals surface area contributed by atoms with Crippen molar-refractivity contribution in [3.8, 4) is 0 Å². The first-order valence-corrected chi connectivity index (χ1v) is 6.08. The maximum Gasteiger partial charge on any atom is 0.109 e. The van der Waals surface area contributed by atoms with Crippen LogP contribution in [0, 0.1) is 0 Å². The van der Waals surface area contributed by atoms with E-state index in [-0.39, 0.29) is 0 Å². The quantitative estimate of drug-likeness (QED) is 0.716. The van der Waals surface area contributed by atoms with Gasteiger partial charge in [0.05, 0.1) is 12.6 Å². The van der Waals surface area contributed by atoms with Gasteiger partial charge in [0, 0.05) is 6.42 Å². The van der Waals surface area contributed by atoms with E-state index in [4.69, 9.17) is 4.74 Å². The molecule has 0 aromatic heterocycles. The van der Waals surface area contributed by atoms with Crippen molar-refractivity contribution < 1.29 is 4.74 Å². The number of hydrogen-bond donors (Lipinski definition) is 1. The highest BCUT2D eigenvalue weighted by molar-refractivity contribution is 5.15. The van der Waals surface area contributed by atoms with E-state index < -0.39 is 0 Å². The molecule has 2 heteroatoms. The Bertz CT molecular complexity index is 268. The average molecular weight is 207 g/mol. The number of rotatable bonds is 4. The van der Waals surface area contributed by atoms with Crippen LogP contribution in [0.3, 0.4) is 0 Å². The van der Waals surface area contributed by atoms with Crippen molar-refractivity contribution in [3.05, 3.63) is 23.5 Å². The highest BCUT2D eigenvalue weighted by atomic mass is 16.5. The number of ether oxygens (including phenoxy) is 1. The molecule has 0 spiro atoms. The zero-order valence-corrected chi connectivity index (χ0v) is 9.59. The van der Waals surface area contributed by atoms with Gasteiger partial charge in [0.2, 0.25) is 0 Å². The Hall–Kier alpha value is -0.760. The Balaban J connectivity index is 1.92. The van der Waals surface area contributed by atoms with Gasteiger partial charge >= 0.3 is 0 Å². The highest BCUT2D eigenvalue weighted by Gasteiger charge is 2.18. The lowest BCUT2D eigenvalue weighted by Crippen LogP contribution is -2.28. The molecule has 1 heterocycles. The lowest BCUT2D eigenvalue weighted by molar-refractivity contribution is 0.216. The summed E-state index contributed by atoms with van der Waals surface area (Å²) in [6.45, 7) is 0.868. The molecule has 2 aliphatic rings. The van der Waals surface area contributed by atoms with Crippen LogP contribution in [0.5, 0.6) is 0 Å². The van der Waals surface area contributed by atoms with Crippen LogP contribution in [0.25, 0.3) is 0 Å². The van der Waals surface area contributed by atoms with E-state index in [1.807, 2.05) is 7.05 Å². The molecule has 2 nitrogen and oxygen atoms in total. The Kier molecular flexibility index (Phi) is 3.84. The molecule has 0 radical (unpaired) electrons. The minimum absolute atomic E-state index is 0.400. The molecule has 1 atom stereocenters. The van der Waals surface area contributed by atoms with Gasteiger partial charge in [-0.1, -0.05) is 11.6 Å². The molecule has 0 aromatic rings. The van der Waals surface area contributed by atoms with Crippen LogP contribution >= 0.6 is 0 Å². The molecule has 0 saturated carbocycles. The maximum absolute atomic E-state index is 5.62.